The molecule has 148 valence electrons. The average molecular weight is 424 g/mol. The number of nitrogens with zero attached hydrogens (tertiary/aromatic N) is 3. The molecule has 7 heteroatoms. The summed E-state index contributed by atoms with van der Waals surface area (Å²) in [5.41, 5.74) is 4.36. The molecule has 5 rings (SSSR count). The number of aromatic nitrogens is 3. The average Bonchev–Trinajstić information content (AvgIpc) is 3.08. The number of pyridine rings is 1. The van der Waals surface area contributed by atoms with E-state index in [0.717, 1.165) is 49.1 Å². The monoisotopic (exact) mass is 423 g/mol. The Labute approximate surface area is 177 Å². The molecular weight excluding hydrogens is 402 g/mol. The Kier molecular flexibility index (Phi) is 4.69. The number of thiophene rings is 1. The molecular formula is C22H21N3O2S2. The third-order valence-electron chi connectivity index (χ3n) is 5.13. The first-order chi connectivity index (χ1) is 14.0. The fraction of sp³-hybridized carbons (Fsp3) is 0.318. The number of hydrogen-bond acceptors (Lipinski definition) is 7. The van der Waals surface area contributed by atoms with Crippen LogP contribution in [0.4, 0.5) is 0 Å². The van der Waals surface area contributed by atoms with Gasteiger partial charge in [0, 0.05) is 23.1 Å². The fourth-order valence-corrected chi connectivity index (χ4v) is 5.70. The molecule has 4 heterocycles. The largest absolute Gasteiger partial charge is 0.497 e. The van der Waals surface area contributed by atoms with Crippen LogP contribution in [0, 0.1) is 0 Å². The molecule has 0 spiro atoms. The highest BCUT2D eigenvalue weighted by Crippen LogP contribution is 2.39. The standard InChI is InChI=1S/C22H21N3O2S2/c1-22(2)9-17-14(10-27-22)8-16-18-19(29-20(16)25-17)21(24-12-23-18)28-11-13-4-6-15(26-3)7-5-13/h4-8,12H,9-11H2,1-3H3. The zero-order chi connectivity index (χ0) is 20.0. The van der Waals surface area contributed by atoms with E-state index < -0.39 is 0 Å². The number of hydrogen-bond donors (Lipinski definition) is 0. The van der Waals surface area contributed by atoms with Crippen molar-refractivity contribution in [3.05, 3.63) is 53.5 Å². The summed E-state index contributed by atoms with van der Waals surface area (Å²) < 4.78 is 12.3. The van der Waals surface area contributed by atoms with Crippen molar-refractivity contribution in [1.82, 2.24) is 15.0 Å². The lowest BCUT2D eigenvalue weighted by molar-refractivity contribution is -0.0411. The molecule has 0 aliphatic carbocycles. The second-order valence-electron chi connectivity index (χ2n) is 7.77. The quantitative estimate of drug-likeness (QED) is 0.324. The van der Waals surface area contributed by atoms with Crippen LogP contribution in [0.25, 0.3) is 20.4 Å². The van der Waals surface area contributed by atoms with Crippen molar-refractivity contribution in [3.8, 4) is 5.75 Å². The minimum atomic E-state index is -0.163. The molecule has 0 unspecified atom stereocenters. The van der Waals surface area contributed by atoms with E-state index in [-0.39, 0.29) is 5.60 Å². The first-order valence-corrected chi connectivity index (χ1v) is 11.3. The molecule has 0 fully saturated rings. The van der Waals surface area contributed by atoms with Crippen LogP contribution in [0.5, 0.6) is 5.75 Å². The van der Waals surface area contributed by atoms with Gasteiger partial charge in [-0.3, -0.25) is 0 Å². The molecule has 3 aromatic heterocycles. The number of ether oxygens (including phenoxy) is 2. The molecule has 0 N–H and O–H groups in total. The topological polar surface area (TPSA) is 57.1 Å². The molecule has 1 aliphatic rings. The lowest BCUT2D eigenvalue weighted by Crippen LogP contribution is -2.32. The molecule has 0 bridgehead atoms. The van der Waals surface area contributed by atoms with E-state index in [1.54, 1.807) is 36.5 Å². The minimum absolute atomic E-state index is 0.163. The number of methoxy groups -OCH3 is 1. The molecule has 0 radical (unpaired) electrons. The van der Waals surface area contributed by atoms with Gasteiger partial charge in [0.25, 0.3) is 0 Å². The van der Waals surface area contributed by atoms with Gasteiger partial charge in [0.05, 0.1) is 35.2 Å². The van der Waals surface area contributed by atoms with Crippen LogP contribution in [0.15, 0.2) is 41.7 Å². The van der Waals surface area contributed by atoms with Crippen LogP contribution in [0.3, 0.4) is 0 Å². The second kappa shape index (κ2) is 7.23. The Balaban J connectivity index is 1.50. The first kappa shape index (κ1) is 18.8. The summed E-state index contributed by atoms with van der Waals surface area (Å²) in [5, 5.41) is 2.10. The van der Waals surface area contributed by atoms with Crippen molar-refractivity contribution in [2.45, 2.75) is 43.3 Å². The highest BCUT2D eigenvalue weighted by atomic mass is 32.2. The predicted octanol–water partition coefficient (Wildman–Crippen LogP) is 5.39. The summed E-state index contributed by atoms with van der Waals surface area (Å²) in [6.45, 7) is 4.84. The van der Waals surface area contributed by atoms with E-state index in [4.69, 9.17) is 14.5 Å². The predicted molar refractivity (Wildman–Crippen MR) is 118 cm³/mol. The van der Waals surface area contributed by atoms with E-state index in [0.29, 0.717) is 6.61 Å². The summed E-state index contributed by atoms with van der Waals surface area (Å²) in [7, 11) is 1.68. The zero-order valence-electron chi connectivity index (χ0n) is 16.6. The summed E-state index contributed by atoms with van der Waals surface area (Å²) in [6, 6.07) is 10.4. The molecule has 29 heavy (non-hydrogen) atoms. The zero-order valence-corrected chi connectivity index (χ0v) is 18.2. The summed E-state index contributed by atoms with van der Waals surface area (Å²) in [5.74, 6) is 1.71. The smallest absolute Gasteiger partial charge is 0.126 e. The summed E-state index contributed by atoms with van der Waals surface area (Å²) in [4.78, 5) is 15.1. The number of rotatable bonds is 4. The Morgan fingerprint density at radius 3 is 2.83 bits per heavy atom. The molecule has 1 aromatic carbocycles. The maximum absolute atomic E-state index is 5.97. The van der Waals surface area contributed by atoms with E-state index in [2.05, 4.69) is 42.0 Å². The van der Waals surface area contributed by atoms with Crippen LogP contribution in [-0.4, -0.2) is 27.7 Å². The van der Waals surface area contributed by atoms with E-state index in [9.17, 15) is 0 Å². The van der Waals surface area contributed by atoms with Crippen molar-refractivity contribution in [2.75, 3.05) is 7.11 Å². The molecule has 5 nitrogen and oxygen atoms in total. The minimum Gasteiger partial charge on any atom is -0.497 e. The lowest BCUT2D eigenvalue weighted by atomic mass is 9.95. The molecule has 1 aliphatic heterocycles. The Morgan fingerprint density at radius 1 is 1.21 bits per heavy atom. The highest BCUT2D eigenvalue weighted by Gasteiger charge is 2.28. The Bertz CT molecular complexity index is 1200. The van der Waals surface area contributed by atoms with Gasteiger partial charge in [-0.2, -0.15) is 0 Å². The number of fused-ring (bicyclic) bond motifs is 4. The molecule has 0 saturated carbocycles. The van der Waals surface area contributed by atoms with E-state index in [1.165, 1.54) is 11.1 Å². The third kappa shape index (κ3) is 3.58. The van der Waals surface area contributed by atoms with Crippen molar-refractivity contribution in [1.29, 1.82) is 0 Å². The van der Waals surface area contributed by atoms with Crippen LogP contribution in [0.1, 0.15) is 30.7 Å². The van der Waals surface area contributed by atoms with Gasteiger partial charge in [0.1, 0.15) is 21.9 Å². The van der Waals surface area contributed by atoms with Gasteiger partial charge in [0.15, 0.2) is 0 Å². The highest BCUT2D eigenvalue weighted by molar-refractivity contribution is 7.98. The van der Waals surface area contributed by atoms with Crippen LogP contribution < -0.4 is 4.74 Å². The van der Waals surface area contributed by atoms with Crippen LogP contribution in [0.2, 0.25) is 0 Å². The lowest BCUT2D eigenvalue weighted by Gasteiger charge is -2.30. The molecule has 4 aromatic rings. The van der Waals surface area contributed by atoms with E-state index >= 15 is 0 Å². The van der Waals surface area contributed by atoms with Crippen molar-refractivity contribution in [3.63, 3.8) is 0 Å². The SMILES string of the molecule is COc1ccc(CSc2ncnc3c2sc2nc4c(cc23)COC(C)(C)C4)cc1. The van der Waals surface area contributed by atoms with Crippen LogP contribution in [-0.2, 0) is 23.5 Å². The maximum atomic E-state index is 5.97. The summed E-state index contributed by atoms with van der Waals surface area (Å²) >= 11 is 3.41. The van der Waals surface area contributed by atoms with Gasteiger partial charge in [-0.1, -0.05) is 12.1 Å². The van der Waals surface area contributed by atoms with Gasteiger partial charge >= 0.3 is 0 Å². The van der Waals surface area contributed by atoms with Gasteiger partial charge < -0.3 is 9.47 Å². The Morgan fingerprint density at radius 2 is 2.03 bits per heavy atom. The maximum Gasteiger partial charge on any atom is 0.126 e. The van der Waals surface area contributed by atoms with Gasteiger partial charge in [-0.25, -0.2) is 15.0 Å². The second-order valence-corrected chi connectivity index (χ2v) is 9.73. The molecule has 0 amide bonds. The van der Waals surface area contributed by atoms with Crippen molar-refractivity contribution >= 4 is 43.5 Å². The van der Waals surface area contributed by atoms with Crippen molar-refractivity contribution < 1.29 is 9.47 Å². The van der Waals surface area contributed by atoms with Gasteiger partial charge in [-0.05, 0) is 37.6 Å². The Hall–Kier alpha value is -2.22. The third-order valence-corrected chi connectivity index (χ3v) is 7.41. The number of thioether (sulfide) groups is 1. The number of benzene rings is 1. The first-order valence-electron chi connectivity index (χ1n) is 9.48. The van der Waals surface area contributed by atoms with Gasteiger partial charge in [0.2, 0.25) is 0 Å². The van der Waals surface area contributed by atoms with Gasteiger partial charge in [-0.15, -0.1) is 23.1 Å². The normalized spacial score (nSPS) is 15.6. The van der Waals surface area contributed by atoms with E-state index in [1.807, 2.05) is 12.1 Å². The summed E-state index contributed by atoms with van der Waals surface area (Å²) in [6.07, 6.45) is 2.49. The van der Waals surface area contributed by atoms with Crippen LogP contribution >= 0.6 is 23.1 Å². The fourth-order valence-electron chi connectivity index (χ4n) is 3.54. The van der Waals surface area contributed by atoms with Crippen molar-refractivity contribution in [2.24, 2.45) is 0 Å². The molecule has 0 saturated heterocycles. The molecule has 0 atom stereocenters.